The molecule has 1 spiro atoms. The Morgan fingerprint density at radius 2 is 0.962 bits per heavy atom. The standard InChI is InChI=1S/C49H31NO2/c1-3-13-32(14-4-1)33-23-25-35(26-24-33)50(34-15-5-2-6-16-34)36-27-28-37-38-29-30-43-47(48(38)52-46(37)31-36)39-17-7-8-18-40(39)49(43)41-19-9-11-21-44(41)51-45-22-12-10-20-42(45)49/h1-31H. The maximum Gasteiger partial charge on any atom is 0.143 e. The van der Waals surface area contributed by atoms with Crippen LogP contribution in [0.3, 0.4) is 0 Å². The summed E-state index contributed by atoms with van der Waals surface area (Å²) < 4.78 is 13.6. The van der Waals surface area contributed by atoms with Crippen LogP contribution in [0.4, 0.5) is 17.1 Å². The van der Waals surface area contributed by atoms with Crippen molar-refractivity contribution in [2.45, 2.75) is 5.41 Å². The van der Waals surface area contributed by atoms with Crippen LogP contribution in [0.25, 0.3) is 44.2 Å². The summed E-state index contributed by atoms with van der Waals surface area (Å²) in [7, 11) is 0. The third-order valence-corrected chi connectivity index (χ3v) is 10.9. The van der Waals surface area contributed by atoms with Gasteiger partial charge in [-0.3, -0.25) is 0 Å². The average Bonchev–Trinajstić information content (AvgIpc) is 3.73. The van der Waals surface area contributed by atoms with Gasteiger partial charge in [0.15, 0.2) is 0 Å². The predicted octanol–water partition coefficient (Wildman–Crippen LogP) is 13.2. The Morgan fingerprint density at radius 1 is 0.404 bits per heavy atom. The number of hydrogen-bond donors (Lipinski definition) is 0. The number of rotatable bonds is 4. The van der Waals surface area contributed by atoms with E-state index in [9.17, 15) is 0 Å². The fraction of sp³-hybridized carbons (Fsp3) is 0.0204. The minimum absolute atomic E-state index is 0.536. The summed E-state index contributed by atoms with van der Waals surface area (Å²) in [6.07, 6.45) is 0. The fourth-order valence-electron chi connectivity index (χ4n) is 8.75. The molecule has 2 aliphatic rings. The van der Waals surface area contributed by atoms with Gasteiger partial charge in [-0.1, -0.05) is 133 Å². The summed E-state index contributed by atoms with van der Waals surface area (Å²) in [5.41, 5.74) is 13.9. The van der Waals surface area contributed by atoms with Crippen molar-refractivity contribution >= 4 is 39.0 Å². The Balaban J connectivity index is 1.12. The van der Waals surface area contributed by atoms with Crippen LogP contribution in [0, 0.1) is 0 Å². The third-order valence-electron chi connectivity index (χ3n) is 10.9. The number of para-hydroxylation sites is 3. The van der Waals surface area contributed by atoms with Crippen LogP contribution in [0.5, 0.6) is 11.5 Å². The van der Waals surface area contributed by atoms with E-state index >= 15 is 0 Å². The van der Waals surface area contributed by atoms with Crippen molar-refractivity contribution < 1.29 is 9.15 Å². The number of fused-ring (bicyclic) bond motifs is 13. The molecular formula is C49H31NO2. The summed E-state index contributed by atoms with van der Waals surface area (Å²) >= 11 is 0. The first-order chi connectivity index (χ1) is 25.8. The monoisotopic (exact) mass is 665 g/mol. The lowest BCUT2D eigenvalue weighted by molar-refractivity contribution is 0.436. The van der Waals surface area contributed by atoms with Crippen LogP contribution in [0.15, 0.2) is 192 Å². The first-order valence-corrected chi connectivity index (χ1v) is 17.8. The minimum Gasteiger partial charge on any atom is -0.457 e. The van der Waals surface area contributed by atoms with Crippen LogP contribution in [-0.4, -0.2) is 0 Å². The molecule has 0 saturated heterocycles. The van der Waals surface area contributed by atoms with Gasteiger partial charge in [0.1, 0.15) is 22.7 Å². The van der Waals surface area contributed by atoms with Crippen molar-refractivity contribution in [1.82, 2.24) is 0 Å². The SMILES string of the molecule is c1ccc(-c2ccc(N(c3ccccc3)c3ccc4c(c3)oc3c5c(ccc34)C3(c4ccccc4Oc4ccccc43)c3ccccc3-5)cc2)cc1. The van der Waals surface area contributed by atoms with Crippen molar-refractivity contribution in [1.29, 1.82) is 0 Å². The summed E-state index contributed by atoms with van der Waals surface area (Å²) in [4.78, 5) is 2.30. The van der Waals surface area contributed by atoms with Gasteiger partial charge in [0, 0.05) is 50.6 Å². The molecule has 1 aromatic heterocycles. The lowest BCUT2D eigenvalue weighted by Gasteiger charge is -2.39. The molecule has 244 valence electrons. The van der Waals surface area contributed by atoms with Crippen molar-refractivity contribution in [2.75, 3.05) is 4.90 Å². The molecule has 0 saturated carbocycles. The molecule has 11 rings (SSSR count). The van der Waals surface area contributed by atoms with E-state index in [4.69, 9.17) is 9.15 Å². The molecule has 3 heteroatoms. The Kier molecular flexibility index (Phi) is 6.17. The molecule has 0 atom stereocenters. The maximum atomic E-state index is 7.04. The van der Waals surface area contributed by atoms with E-state index in [1.54, 1.807) is 0 Å². The topological polar surface area (TPSA) is 25.6 Å². The predicted molar refractivity (Wildman–Crippen MR) is 211 cm³/mol. The van der Waals surface area contributed by atoms with Crippen molar-refractivity contribution in [3.63, 3.8) is 0 Å². The normalized spacial score (nSPS) is 13.3. The first-order valence-electron chi connectivity index (χ1n) is 17.8. The van der Waals surface area contributed by atoms with Crippen molar-refractivity contribution in [3.05, 3.63) is 210 Å². The molecule has 3 nitrogen and oxygen atoms in total. The van der Waals surface area contributed by atoms with Gasteiger partial charge >= 0.3 is 0 Å². The van der Waals surface area contributed by atoms with Crippen LogP contribution >= 0.6 is 0 Å². The van der Waals surface area contributed by atoms with E-state index < -0.39 is 5.41 Å². The van der Waals surface area contributed by atoms with Crippen molar-refractivity contribution in [2.24, 2.45) is 0 Å². The molecule has 0 N–H and O–H groups in total. The first kappa shape index (κ1) is 28.9. The second kappa shape index (κ2) is 11.1. The van der Waals surface area contributed by atoms with E-state index in [1.165, 1.54) is 27.8 Å². The van der Waals surface area contributed by atoms with Crippen LogP contribution < -0.4 is 9.64 Å². The largest absolute Gasteiger partial charge is 0.457 e. The van der Waals surface area contributed by atoms with Gasteiger partial charge in [0.2, 0.25) is 0 Å². The van der Waals surface area contributed by atoms with Crippen LogP contribution in [-0.2, 0) is 5.41 Å². The molecule has 0 bridgehead atoms. The lowest BCUT2D eigenvalue weighted by Crippen LogP contribution is -2.32. The van der Waals surface area contributed by atoms with Gasteiger partial charge in [-0.25, -0.2) is 0 Å². The number of furan rings is 1. The van der Waals surface area contributed by atoms with Crippen LogP contribution in [0.1, 0.15) is 22.3 Å². The van der Waals surface area contributed by atoms with Crippen molar-refractivity contribution in [3.8, 4) is 33.8 Å². The Hall–Kier alpha value is -6.84. The molecular weight excluding hydrogens is 635 g/mol. The van der Waals surface area contributed by atoms with Gasteiger partial charge < -0.3 is 14.1 Å². The van der Waals surface area contributed by atoms with Gasteiger partial charge in [-0.2, -0.15) is 0 Å². The van der Waals surface area contributed by atoms with E-state index in [0.29, 0.717) is 0 Å². The highest BCUT2D eigenvalue weighted by molar-refractivity contribution is 6.13. The molecule has 0 radical (unpaired) electrons. The zero-order valence-electron chi connectivity index (χ0n) is 28.2. The molecule has 0 fully saturated rings. The molecule has 8 aromatic carbocycles. The minimum atomic E-state index is -0.536. The van der Waals surface area contributed by atoms with E-state index in [1.807, 2.05) is 0 Å². The summed E-state index contributed by atoms with van der Waals surface area (Å²) in [5.74, 6) is 1.77. The second-order valence-corrected chi connectivity index (χ2v) is 13.6. The fourth-order valence-corrected chi connectivity index (χ4v) is 8.75. The number of benzene rings is 8. The highest BCUT2D eigenvalue weighted by Crippen LogP contribution is 2.63. The van der Waals surface area contributed by atoms with E-state index in [-0.39, 0.29) is 0 Å². The summed E-state index contributed by atoms with van der Waals surface area (Å²) in [6.45, 7) is 0. The highest BCUT2D eigenvalue weighted by atomic mass is 16.5. The molecule has 0 unspecified atom stereocenters. The number of hydrogen-bond acceptors (Lipinski definition) is 3. The maximum absolute atomic E-state index is 7.04. The molecule has 1 aliphatic carbocycles. The summed E-state index contributed by atoms with van der Waals surface area (Å²) in [6, 6.07) is 66.8. The van der Waals surface area contributed by atoms with E-state index in [2.05, 4.69) is 193 Å². The Labute approximate surface area is 301 Å². The van der Waals surface area contributed by atoms with Gasteiger partial charge in [0.05, 0.1) is 5.41 Å². The number of anilines is 3. The smallest absolute Gasteiger partial charge is 0.143 e. The zero-order valence-corrected chi connectivity index (χ0v) is 28.2. The molecule has 2 heterocycles. The Morgan fingerprint density at radius 3 is 1.69 bits per heavy atom. The van der Waals surface area contributed by atoms with E-state index in [0.717, 1.165) is 67.2 Å². The molecule has 9 aromatic rings. The average molecular weight is 666 g/mol. The molecule has 1 aliphatic heterocycles. The lowest BCUT2D eigenvalue weighted by atomic mass is 9.66. The third kappa shape index (κ3) is 4.02. The Bertz CT molecular complexity index is 2770. The number of nitrogens with zero attached hydrogens (tertiary/aromatic N) is 1. The number of ether oxygens (including phenoxy) is 1. The van der Waals surface area contributed by atoms with Gasteiger partial charge in [-0.15, -0.1) is 0 Å². The highest BCUT2D eigenvalue weighted by Gasteiger charge is 2.51. The zero-order chi connectivity index (χ0) is 34.2. The summed E-state index contributed by atoms with van der Waals surface area (Å²) in [5, 5.41) is 2.21. The second-order valence-electron chi connectivity index (χ2n) is 13.6. The van der Waals surface area contributed by atoms with Gasteiger partial charge in [0.25, 0.3) is 0 Å². The van der Waals surface area contributed by atoms with Gasteiger partial charge in [-0.05, 0) is 76.3 Å². The molecule has 0 amide bonds. The quantitative estimate of drug-likeness (QED) is 0.187. The molecule has 52 heavy (non-hydrogen) atoms. The van der Waals surface area contributed by atoms with Crippen LogP contribution in [0.2, 0.25) is 0 Å².